The van der Waals surface area contributed by atoms with Gasteiger partial charge in [0, 0.05) is 24.9 Å². The van der Waals surface area contributed by atoms with Gasteiger partial charge in [-0.05, 0) is 42.0 Å². The van der Waals surface area contributed by atoms with Crippen LogP contribution in [0.2, 0.25) is 0 Å². The first-order valence-corrected chi connectivity index (χ1v) is 11.1. The second kappa shape index (κ2) is 8.96. The van der Waals surface area contributed by atoms with Crippen molar-refractivity contribution in [2.24, 2.45) is 0 Å². The molecule has 10 heteroatoms. The lowest BCUT2D eigenvalue weighted by atomic mass is 10.2. The number of fused-ring (bicyclic) bond motifs is 1. The molecule has 0 radical (unpaired) electrons. The molecule has 0 bridgehead atoms. The predicted octanol–water partition coefficient (Wildman–Crippen LogP) is 2.10. The molecule has 2 aromatic rings. The van der Waals surface area contributed by atoms with Crippen molar-refractivity contribution in [1.29, 1.82) is 0 Å². The van der Waals surface area contributed by atoms with Crippen molar-refractivity contribution in [3.8, 4) is 17.2 Å². The minimum Gasteiger partial charge on any atom is -0.495 e. The summed E-state index contributed by atoms with van der Waals surface area (Å²) in [6, 6.07) is 9.85. The molecule has 2 heterocycles. The topological polar surface area (TPSA) is 103 Å². The number of hydrogen-bond acceptors (Lipinski definition) is 7. The van der Waals surface area contributed by atoms with Gasteiger partial charge in [0.2, 0.25) is 22.7 Å². The molecule has 0 saturated carbocycles. The average molecular weight is 446 g/mol. The fourth-order valence-corrected chi connectivity index (χ4v) is 4.84. The van der Waals surface area contributed by atoms with Crippen LogP contribution in [0.25, 0.3) is 6.08 Å². The number of amides is 1. The summed E-state index contributed by atoms with van der Waals surface area (Å²) in [5.41, 5.74) is 1.11. The maximum atomic E-state index is 13.1. The molecule has 0 aliphatic carbocycles. The van der Waals surface area contributed by atoms with Crippen LogP contribution in [0.4, 0.5) is 5.69 Å². The number of ether oxygens (including phenoxy) is 4. The summed E-state index contributed by atoms with van der Waals surface area (Å²) < 4.78 is 48.5. The number of carbonyl (C=O) groups is 1. The molecule has 1 saturated heterocycles. The first-order chi connectivity index (χ1) is 15.0. The lowest BCUT2D eigenvalue weighted by Gasteiger charge is -2.26. The normalized spacial score (nSPS) is 16.4. The molecule has 2 aromatic carbocycles. The zero-order valence-corrected chi connectivity index (χ0v) is 17.7. The van der Waals surface area contributed by atoms with E-state index in [-0.39, 0.29) is 30.5 Å². The number of rotatable bonds is 6. The lowest BCUT2D eigenvalue weighted by Crippen LogP contribution is -2.40. The van der Waals surface area contributed by atoms with E-state index in [9.17, 15) is 13.2 Å². The van der Waals surface area contributed by atoms with Gasteiger partial charge in [-0.25, -0.2) is 8.42 Å². The summed E-state index contributed by atoms with van der Waals surface area (Å²) >= 11 is 0. The van der Waals surface area contributed by atoms with Gasteiger partial charge < -0.3 is 24.3 Å². The standard InChI is InChI=1S/C21H22N2O7S/c1-27-18-6-4-16(13-20(18)31(25,26)23-8-10-28-11-9-23)22-21(24)7-3-15-2-5-17-19(12-15)30-14-29-17/h2-7,12-13H,8-11,14H2,1H3,(H,22,24)/b7-3+. The second-order valence-corrected chi connectivity index (χ2v) is 8.72. The van der Waals surface area contributed by atoms with Gasteiger partial charge in [0.1, 0.15) is 10.6 Å². The van der Waals surface area contributed by atoms with E-state index >= 15 is 0 Å². The van der Waals surface area contributed by atoms with E-state index in [0.29, 0.717) is 30.4 Å². The second-order valence-electron chi connectivity index (χ2n) is 6.82. The van der Waals surface area contributed by atoms with Crippen LogP contribution in [0.1, 0.15) is 5.56 Å². The number of sulfonamides is 1. The van der Waals surface area contributed by atoms with E-state index < -0.39 is 15.9 Å². The van der Waals surface area contributed by atoms with Crippen molar-refractivity contribution in [3.63, 3.8) is 0 Å². The largest absolute Gasteiger partial charge is 0.495 e. The quantitative estimate of drug-likeness (QED) is 0.678. The van der Waals surface area contributed by atoms with Crippen molar-refractivity contribution in [1.82, 2.24) is 4.31 Å². The van der Waals surface area contributed by atoms with Crippen LogP contribution in [0.3, 0.4) is 0 Å². The Bertz CT molecular complexity index is 1110. The van der Waals surface area contributed by atoms with Gasteiger partial charge in [-0.2, -0.15) is 4.31 Å². The molecule has 9 nitrogen and oxygen atoms in total. The van der Waals surface area contributed by atoms with Crippen LogP contribution < -0.4 is 19.5 Å². The van der Waals surface area contributed by atoms with Crippen LogP contribution in [-0.4, -0.2) is 58.8 Å². The Hall–Kier alpha value is -3.08. The summed E-state index contributed by atoms with van der Waals surface area (Å²) in [5.74, 6) is 1.09. The highest BCUT2D eigenvalue weighted by molar-refractivity contribution is 7.89. The third-order valence-corrected chi connectivity index (χ3v) is 6.76. The average Bonchev–Trinajstić information content (AvgIpc) is 3.26. The zero-order valence-electron chi connectivity index (χ0n) is 16.9. The fourth-order valence-electron chi connectivity index (χ4n) is 3.25. The molecule has 2 aliphatic heterocycles. The molecule has 1 fully saturated rings. The van der Waals surface area contributed by atoms with E-state index in [4.69, 9.17) is 18.9 Å². The summed E-state index contributed by atoms with van der Waals surface area (Å²) in [4.78, 5) is 12.4. The fraction of sp³-hybridized carbons (Fsp3) is 0.286. The van der Waals surface area contributed by atoms with Crippen LogP contribution in [0, 0.1) is 0 Å². The molecule has 4 rings (SSSR count). The number of carbonyl (C=O) groups excluding carboxylic acids is 1. The van der Waals surface area contributed by atoms with Crippen LogP contribution in [0.15, 0.2) is 47.4 Å². The van der Waals surface area contributed by atoms with Crippen molar-refractivity contribution in [2.45, 2.75) is 4.90 Å². The van der Waals surface area contributed by atoms with E-state index in [1.54, 1.807) is 30.3 Å². The van der Waals surface area contributed by atoms with Crippen molar-refractivity contribution >= 4 is 27.7 Å². The van der Waals surface area contributed by atoms with Crippen LogP contribution >= 0.6 is 0 Å². The van der Waals surface area contributed by atoms with Gasteiger partial charge in [-0.3, -0.25) is 4.79 Å². The van der Waals surface area contributed by atoms with E-state index in [1.165, 1.54) is 29.6 Å². The Morgan fingerprint density at radius 1 is 1.10 bits per heavy atom. The molecule has 0 spiro atoms. The molecule has 31 heavy (non-hydrogen) atoms. The van der Waals surface area contributed by atoms with E-state index in [2.05, 4.69) is 5.32 Å². The van der Waals surface area contributed by atoms with Gasteiger partial charge >= 0.3 is 0 Å². The number of nitrogens with one attached hydrogen (secondary N) is 1. The summed E-state index contributed by atoms with van der Waals surface area (Å²) in [6.45, 7) is 1.38. The molecular weight excluding hydrogens is 424 g/mol. The number of methoxy groups -OCH3 is 1. The zero-order chi connectivity index (χ0) is 21.8. The minimum atomic E-state index is -3.79. The highest BCUT2D eigenvalue weighted by Gasteiger charge is 2.29. The number of morpholine rings is 1. The molecule has 0 atom stereocenters. The maximum absolute atomic E-state index is 13.1. The monoisotopic (exact) mass is 446 g/mol. The third-order valence-electron chi connectivity index (χ3n) is 4.84. The Morgan fingerprint density at radius 3 is 2.65 bits per heavy atom. The maximum Gasteiger partial charge on any atom is 0.248 e. The molecular formula is C21H22N2O7S. The summed E-state index contributed by atoms with van der Waals surface area (Å²) in [5, 5.41) is 2.69. The predicted molar refractivity (Wildman–Crippen MR) is 113 cm³/mol. The smallest absolute Gasteiger partial charge is 0.248 e. The van der Waals surface area contributed by atoms with Crippen molar-refractivity contribution in [2.75, 3.05) is 45.5 Å². The van der Waals surface area contributed by atoms with E-state index in [0.717, 1.165) is 5.56 Å². The first-order valence-electron chi connectivity index (χ1n) is 9.62. The van der Waals surface area contributed by atoms with Gasteiger partial charge in [0.25, 0.3) is 0 Å². The number of nitrogens with zero attached hydrogens (tertiary/aromatic N) is 1. The lowest BCUT2D eigenvalue weighted by molar-refractivity contribution is -0.111. The molecule has 0 unspecified atom stereocenters. The van der Waals surface area contributed by atoms with Gasteiger partial charge in [0.05, 0.1) is 20.3 Å². The van der Waals surface area contributed by atoms with Gasteiger partial charge in [0.15, 0.2) is 11.5 Å². The van der Waals surface area contributed by atoms with Gasteiger partial charge in [-0.15, -0.1) is 0 Å². The van der Waals surface area contributed by atoms with Crippen molar-refractivity contribution in [3.05, 3.63) is 48.0 Å². The molecule has 0 aromatic heterocycles. The molecule has 1 amide bonds. The highest BCUT2D eigenvalue weighted by atomic mass is 32.2. The third kappa shape index (κ3) is 4.66. The van der Waals surface area contributed by atoms with E-state index in [1.807, 2.05) is 0 Å². The van der Waals surface area contributed by atoms with Gasteiger partial charge in [-0.1, -0.05) is 6.07 Å². The molecule has 1 N–H and O–H groups in total. The minimum absolute atomic E-state index is 0.00514. The summed E-state index contributed by atoms with van der Waals surface area (Å²) in [7, 11) is -2.39. The first kappa shape index (κ1) is 21.2. The Balaban J connectivity index is 1.50. The number of benzene rings is 2. The summed E-state index contributed by atoms with van der Waals surface area (Å²) in [6.07, 6.45) is 2.99. The molecule has 164 valence electrons. The number of anilines is 1. The van der Waals surface area contributed by atoms with Crippen LogP contribution in [0.5, 0.6) is 17.2 Å². The Labute approximate surface area is 180 Å². The Kier molecular flexibility index (Phi) is 6.12. The Morgan fingerprint density at radius 2 is 1.87 bits per heavy atom. The number of hydrogen-bond donors (Lipinski definition) is 1. The van der Waals surface area contributed by atoms with Crippen LogP contribution in [-0.2, 0) is 19.6 Å². The SMILES string of the molecule is COc1ccc(NC(=O)/C=C/c2ccc3c(c2)OCO3)cc1S(=O)(=O)N1CCOCC1. The molecule has 2 aliphatic rings. The highest BCUT2D eigenvalue weighted by Crippen LogP contribution is 2.33. The van der Waals surface area contributed by atoms with Crippen molar-refractivity contribution < 1.29 is 32.2 Å².